The predicted molar refractivity (Wildman–Crippen MR) is 105 cm³/mol. The van der Waals surface area contributed by atoms with E-state index in [1.165, 1.54) is 22.4 Å². The summed E-state index contributed by atoms with van der Waals surface area (Å²) in [7, 11) is 2.18. The van der Waals surface area contributed by atoms with Crippen molar-refractivity contribution in [3.63, 3.8) is 0 Å². The number of H-pyrrole nitrogens is 1. The molecule has 1 unspecified atom stereocenters. The van der Waals surface area contributed by atoms with Crippen LogP contribution in [0.3, 0.4) is 0 Å². The third kappa shape index (κ3) is 2.75. The summed E-state index contributed by atoms with van der Waals surface area (Å²) < 4.78 is 5.69. The van der Waals surface area contributed by atoms with Gasteiger partial charge in [-0.2, -0.15) is 0 Å². The third-order valence-electron chi connectivity index (χ3n) is 5.69. The minimum Gasteiger partial charge on any atom is -0.449 e. The number of fused-ring (bicyclic) bond motifs is 4. The summed E-state index contributed by atoms with van der Waals surface area (Å²) in [5.41, 5.74) is 4.33. The van der Waals surface area contributed by atoms with Crippen LogP contribution in [0.2, 0.25) is 0 Å². The van der Waals surface area contributed by atoms with Gasteiger partial charge in [-0.05, 0) is 30.5 Å². The Morgan fingerprint density at radius 3 is 2.93 bits per heavy atom. The second kappa shape index (κ2) is 6.35. The third-order valence-corrected chi connectivity index (χ3v) is 5.69. The van der Waals surface area contributed by atoms with Crippen LogP contribution in [0.5, 0.6) is 0 Å². The van der Waals surface area contributed by atoms with Gasteiger partial charge in [-0.3, -0.25) is 4.79 Å². The molecule has 0 bridgehead atoms. The maximum absolute atomic E-state index is 12.5. The number of furan rings is 1. The van der Waals surface area contributed by atoms with Crippen LogP contribution in [-0.2, 0) is 13.0 Å². The van der Waals surface area contributed by atoms with E-state index in [-0.39, 0.29) is 5.56 Å². The fourth-order valence-electron chi connectivity index (χ4n) is 4.38. The molecule has 1 aliphatic rings. The summed E-state index contributed by atoms with van der Waals surface area (Å²) in [5.74, 6) is 0.708. The molecular weight excluding hydrogens is 338 g/mol. The van der Waals surface area contributed by atoms with E-state index in [0.717, 1.165) is 18.2 Å². The Morgan fingerprint density at radius 2 is 2.00 bits per heavy atom. The normalized spacial score (nSPS) is 17.9. The van der Waals surface area contributed by atoms with Gasteiger partial charge in [-0.15, -0.1) is 0 Å². The molecule has 5 rings (SSSR count). The van der Waals surface area contributed by atoms with Crippen molar-refractivity contribution in [2.45, 2.75) is 31.8 Å². The average Bonchev–Trinajstić information content (AvgIpc) is 3.07. The largest absolute Gasteiger partial charge is 0.449 e. The number of benzene rings is 2. The topological polar surface area (TPSA) is 63.3 Å². The molecule has 4 aromatic rings. The first kappa shape index (κ1) is 16.3. The van der Waals surface area contributed by atoms with E-state index in [1.54, 1.807) is 0 Å². The van der Waals surface area contributed by atoms with Crippen molar-refractivity contribution in [2.75, 3.05) is 7.05 Å². The number of rotatable bonds is 3. The zero-order valence-electron chi connectivity index (χ0n) is 15.3. The molecule has 2 aromatic carbocycles. The molecule has 2 N–H and O–H groups in total. The lowest BCUT2D eigenvalue weighted by molar-refractivity contribution is -0.927. The minimum atomic E-state index is -0.206. The second-order valence-electron chi connectivity index (χ2n) is 7.46. The summed E-state index contributed by atoms with van der Waals surface area (Å²) in [6.45, 7) is 0.670. The van der Waals surface area contributed by atoms with Gasteiger partial charge in [0.1, 0.15) is 23.7 Å². The lowest BCUT2D eigenvalue weighted by Crippen LogP contribution is -3.08. The molecule has 0 aliphatic heterocycles. The number of hydrogen-bond acceptors (Lipinski definition) is 3. The van der Waals surface area contributed by atoms with Crippen molar-refractivity contribution in [3.8, 4) is 0 Å². The Bertz CT molecular complexity index is 1190. The zero-order chi connectivity index (χ0) is 18.4. The molecule has 0 saturated heterocycles. The SMILES string of the molecule is C[NH+](Cc1nc2c(oc3ccccc32)c(=O)[nH]1)[C@@H]1CCCc2ccccc21. The maximum Gasteiger partial charge on any atom is 0.294 e. The second-order valence-corrected chi connectivity index (χ2v) is 7.46. The van der Waals surface area contributed by atoms with Crippen LogP contribution in [0.1, 0.15) is 35.8 Å². The first-order chi connectivity index (χ1) is 13.2. The van der Waals surface area contributed by atoms with Crippen LogP contribution in [0, 0.1) is 0 Å². The first-order valence-electron chi connectivity index (χ1n) is 9.51. The predicted octanol–water partition coefficient (Wildman–Crippen LogP) is 2.76. The summed E-state index contributed by atoms with van der Waals surface area (Å²) in [6, 6.07) is 16.8. The molecule has 136 valence electrons. The van der Waals surface area contributed by atoms with Crippen LogP contribution in [-0.4, -0.2) is 17.0 Å². The molecule has 0 fully saturated rings. The van der Waals surface area contributed by atoms with Gasteiger partial charge in [0, 0.05) is 17.4 Å². The van der Waals surface area contributed by atoms with Crippen molar-refractivity contribution in [2.24, 2.45) is 0 Å². The smallest absolute Gasteiger partial charge is 0.294 e. The fraction of sp³-hybridized carbons (Fsp3) is 0.273. The van der Waals surface area contributed by atoms with Gasteiger partial charge in [-0.1, -0.05) is 36.4 Å². The molecule has 0 amide bonds. The summed E-state index contributed by atoms with van der Waals surface area (Å²) in [6.07, 6.45) is 3.51. The van der Waals surface area contributed by atoms with E-state index in [9.17, 15) is 4.79 Å². The van der Waals surface area contributed by atoms with Crippen molar-refractivity contribution in [3.05, 3.63) is 75.8 Å². The lowest BCUT2D eigenvalue weighted by Gasteiger charge is -2.30. The van der Waals surface area contributed by atoms with Crippen LogP contribution in [0.4, 0.5) is 0 Å². The molecule has 2 heterocycles. The quantitative estimate of drug-likeness (QED) is 0.590. The number of aromatic amines is 1. The molecule has 0 saturated carbocycles. The van der Waals surface area contributed by atoms with Gasteiger partial charge in [0.15, 0.2) is 5.82 Å². The molecule has 0 spiro atoms. The molecule has 5 heteroatoms. The van der Waals surface area contributed by atoms with Gasteiger partial charge < -0.3 is 14.3 Å². The Hall–Kier alpha value is -2.92. The monoisotopic (exact) mass is 360 g/mol. The van der Waals surface area contributed by atoms with Crippen LogP contribution >= 0.6 is 0 Å². The maximum atomic E-state index is 12.5. The number of hydrogen-bond donors (Lipinski definition) is 2. The number of quaternary nitrogens is 1. The average molecular weight is 360 g/mol. The van der Waals surface area contributed by atoms with Gasteiger partial charge in [-0.25, -0.2) is 4.98 Å². The number of para-hydroxylation sites is 1. The summed E-state index contributed by atoms with van der Waals surface area (Å²) >= 11 is 0. The highest BCUT2D eigenvalue weighted by atomic mass is 16.3. The first-order valence-corrected chi connectivity index (χ1v) is 9.51. The summed E-state index contributed by atoms with van der Waals surface area (Å²) in [5, 5.41) is 0.889. The van der Waals surface area contributed by atoms with Gasteiger partial charge in [0.25, 0.3) is 5.56 Å². The van der Waals surface area contributed by atoms with E-state index in [0.29, 0.717) is 35.1 Å². The molecule has 1 aliphatic carbocycles. The van der Waals surface area contributed by atoms with Gasteiger partial charge in [0.05, 0.1) is 7.05 Å². The molecule has 2 atom stereocenters. The van der Waals surface area contributed by atoms with E-state index in [1.807, 2.05) is 24.3 Å². The molecule has 0 radical (unpaired) electrons. The molecular formula is C22H22N3O2+. The molecule has 5 nitrogen and oxygen atoms in total. The van der Waals surface area contributed by atoms with Crippen molar-refractivity contribution in [1.82, 2.24) is 9.97 Å². The van der Waals surface area contributed by atoms with Crippen molar-refractivity contribution in [1.29, 1.82) is 0 Å². The number of aryl methyl sites for hydroxylation is 1. The van der Waals surface area contributed by atoms with Crippen LogP contribution in [0.15, 0.2) is 57.7 Å². The van der Waals surface area contributed by atoms with Gasteiger partial charge >= 0.3 is 0 Å². The van der Waals surface area contributed by atoms with Crippen molar-refractivity contribution >= 4 is 22.1 Å². The Morgan fingerprint density at radius 1 is 1.19 bits per heavy atom. The minimum absolute atomic E-state index is 0.206. The Balaban J connectivity index is 1.51. The van der Waals surface area contributed by atoms with E-state index in [4.69, 9.17) is 9.40 Å². The Labute approximate surface area is 156 Å². The van der Waals surface area contributed by atoms with E-state index < -0.39 is 0 Å². The lowest BCUT2D eigenvalue weighted by atomic mass is 9.87. The van der Waals surface area contributed by atoms with E-state index in [2.05, 4.69) is 36.3 Å². The fourth-order valence-corrected chi connectivity index (χ4v) is 4.38. The zero-order valence-corrected chi connectivity index (χ0v) is 15.3. The van der Waals surface area contributed by atoms with Crippen LogP contribution < -0.4 is 10.5 Å². The number of aromatic nitrogens is 2. The van der Waals surface area contributed by atoms with E-state index >= 15 is 0 Å². The molecule has 2 aromatic heterocycles. The Kier molecular flexibility index (Phi) is 3.83. The number of nitrogens with one attached hydrogen (secondary N) is 2. The summed E-state index contributed by atoms with van der Waals surface area (Å²) in [4.78, 5) is 21.5. The highest BCUT2D eigenvalue weighted by Gasteiger charge is 2.27. The number of nitrogens with zero attached hydrogens (tertiary/aromatic N) is 1. The van der Waals surface area contributed by atoms with Crippen LogP contribution in [0.25, 0.3) is 22.1 Å². The van der Waals surface area contributed by atoms with Gasteiger partial charge in [0.2, 0.25) is 5.58 Å². The molecule has 27 heavy (non-hydrogen) atoms. The highest BCUT2D eigenvalue weighted by molar-refractivity contribution is 6.01. The highest BCUT2D eigenvalue weighted by Crippen LogP contribution is 2.27. The van der Waals surface area contributed by atoms with Crippen molar-refractivity contribution < 1.29 is 9.32 Å². The standard InChI is InChI=1S/C22H21N3O2/c1-25(17-11-6-8-14-7-2-3-9-15(14)17)13-19-23-20-16-10-4-5-12-18(16)27-21(20)22(26)24-19/h2-5,7,9-10,12,17H,6,8,11,13H2,1H3,(H,23,24,26)/p+1/t17-/m1/s1.